The van der Waals surface area contributed by atoms with Crippen molar-refractivity contribution in [1.82, 2.24) is 9.88 Å². The zero-order valence-corrected chi connectivity index (χ0v) is 27.8. The Morgan fingerprint density at radius 1 is 0.500 bits per heavy atom. The van der Waals surface area contributed by atoms with E-state index < -0.39 is 0 Å². The highest BCUT2D eigenvalue weighted by molar-refractivity contribution is 7.26. The number of nitrogens with zero attached hydrogens (tertiary/aromatic N) is 3. The fourth-order valence-corrected chi connectivity index (χ4v) is 8.60. The molecule has 3 heterocycles. The van der Waals surface area contributed by atoms with Gasteiger partial charge in [-0.25, -0.2) is 9.98 Å². The lowest BCUT2D eigenvalue weighted by Crippen LogP contribution is -2.34. The minimum atomic E-state index is -0.369. The highest BCUT2D eigenvalue weighted by atomic mass is 32.1. The molecule has 0 radical (unpaired) electrons. The van der Waals surface area contributed by atoms with Gasteiger partial charge < -0.3 is 9.88 Å². The molecule has 2 aromatic heterocycles. The van der Waals surface area contributed by atoms with Crippen LogP contribution in [0.5, 0.6) is 0 Å². The zero-order valence-electron chi connectivity index (χ0n) is 27.0. The number of para-hydroxylation sites is 2. The third-order valence-electron chi connectivity index (χ3n) is 9.69. The molecule has 1 aliphatic heterocycles. The molecular formula is C45H30N4S. The van der Waals surface area contributed by atoms with Crippen molar-refractivity contribution in [3.63, 3.8) is 0 Å². The van der Waals surface area contributed by atoms with Gasteiger partial charge in [-0.15, -0.1) is 11.3 Å². The molecule has 50 heavy (non-hydrogen) atoms. The number of hydrogen-bond acceptors (Lipinski definition) is 4. The van der Waals surface area contributed by atoms with Crippen LogP contribution in [0.1, 0.15) is 22.9 Å². The Bertz CT molecular complexity index is 2770. The van der Waals surface area contributed by atoms with Gasteiger partial charge in [0, 0.05) is 47.6 Å². The fourth-order valence-electron chi connectivity index (χ4n) is 7.34. The highest BCUT2D eigenvalue weighted by Gasteiger charge is 2.25. The van der Waals surface area contributed by atoms with Gasteiger partial charge in [0.1, 0.15) is 12.0 Å². The van der Waals surface area contributed by atoms with E-state index in [0.717, 1.165) is 28.2 Å². The second-order valence-corrected chi connectivity index (χ2v) is 13.7. The summed E-state index contributed by atoms with van der Waals surface area (Å²) in [4.78, 5) is 10.4. The predicted octanol–water partition coefficient (Wildman–Crippen LogP) is 11.3. The van der Waals surface area contributed by atoms with Crippen molar-refractivity contribution < 1.29 is 0 Å². The van der Waals surface area contributed by atoms with Crippen LogP contribution >= 0.6 is 11.3 Å². The molecule has 0 aliphatic carbocycles. The molecule has 7 aromatic carbocycles. The van der Waals surface area contributed by atoms with Crippen LogP contribution in [0.4, 0.5) is 0 Å². The van der Waals surface area contributed by atoms with Crippen molar-refractivity contribution in [3.05, 3.63) is 187 Å². The topological polar surface area (TPSA) is 41.7 Å². The zero-order chi connectivity index (χ0) is 33.0. The van der Waals surface area contributed by atoms with E-state index >= 15 is 0 Å². The number of hydrogen-bond donors (Lipinski definition) is 1. The van der Waals surface area contributed by atoms with E-state index in [4.69, 9.17) is 9.98 Å². The van der Waals surface area contributed by atoms with E-state index in [0.29, 0.717) is 5.84 Å². The lowest BCUT2D eigenvalue weighted by Gasteiger charge is -2.26. The molecule has 0 amide bonds. The van der Waals surface area contributed by atoms with E-state index in [1.165, 1.54) is 53.1 Å². The van der Waals surface area contributed by atoms with Gasteiger partial charge in [-0.05, 0) is 35.4 Å². The Morgan fingerprint density at radius 2 is 1.14 bits per heavy atom. The minimum absolute atomic E-state index is 0.369. The molecule has 0 spiro atoms. The van der Waals surface area contributed by atoms with E-state index in [1.54, 1.807) is 0 Å². The summed E-state index contributed by atoms with van der Waals surface area (Å²) in [6.45, 7) is 0. The minimum Gasteiger partial charge on any atom is -0.344 e. The van der Waals surface area contributed by atoms with Crippen LogP contribution in [0, 0.1) is 0 Å². The van der Waals surface area contributed by atoms with Crippen LogP contribution in [0.15, 0.2) is 180 Å². The Balaban J connectivity index is 1.14. The van der Waals surface area contributed by atoms with Crippen LogP contribution < -0.4 is 5.32 Å². The van der Waals surface area contributed by atoms with Crippen molar-refractivity contribution in [1.29, 1.82) is 0 Å². The molecule has 0 saturated carbocycles. The van der Waals surface area contributed by atoms with Crippen molar-refractivity contribution in [3.8, 4) is 16.8 Å². The lowest BCUT2D eigenvalue weighted by atomic mass is 10.0. The molecule has 1 unspecified atom stereocenters. The van der Waals surface area contributed by atoms with Crippen LogP contribution in [0.3, 0.4) is 0 Å². The van der Waals surface area contributed by atoms with Gasteiger partial charge in [-0.3, -0.25) is 0 Å². The monoisotopic (exact) mass is 658 g/mol. The van der Waals surface area contributed by atoms with Crippen molar-refractivity contribution in [2.24, 2.45) is 9.98 Å². The molecule has 236 valence electrons. The average Bonchev–Trinajstić information content (AvgIpc) is 3.74. The standard InChI is InChI=1S/C45H30N4S/c1-3-13-29(14-4-1)30-23-25-32(26-24-30)44-46-43(31-15-5-2-6-16-31)47-45(48-44)36-19-8-11-21-38(36)49-37-20-10-7-18-35(37)41-39(49)28-27-34-33-17-9-12-22-40(33)50-42(34)41/h1-28,45H,(H,46,47,48). The second kappa shape index (κ2) is 11.7. The van der Waals surface area contributed by atoms with Crippen LogP contribution in [-0.2, 0) is 0 Å². The summed E-state index contributed by atoms with van der Waals surface area (Å²) >= 11 is 1.88. The van der Waals surface area contributed by atoms with Gasteiger partial charge in [-0.1, -0.05) is 146 Å². The predicted molar refractivity (Wildman–Crippen MR) is 211 cm³/mol. The van der Waals surface area contributed by atoms with Crippen molar-refractivity contribution in [2.75, 3.05) is 0 Å². The number of thiophene rings is 1. The smallest absolute Gasteiger partial charge is 0.159 e. The van der Waals surface area contributed by atoms with Crippen molar-refractivity contribution in [2.45, 2.75) is 6.17 Å². The SMILES string of the molecule is c1ccc(C2=NC(c3ccccc3-n3c4ccccc4c4c5sc6ccccc6c5ccc43)NC(c3ccc(-c4ccccc4)cc3)=N2)cc1. The molecule has 1 N–H and O–H groups in total. The molecule has 1 atom stereocenters. The van der Waals surface area contributed by atoms with Gasteiger partial charge in [0.2, 0.25) is 0 Å². The number of aromatic nitrogens is 1. The quantitative estimate of drug-likeness (QED) is 0.196. The summed E-state index contributed by atoms with van der Waals surface area (Å²) in [6, 6.07) is 60.1. The molecular weight excluding hydrogens is 629 g/mol. The van der Waals surface area contributed by atoms with E-state index in [2.05, 4.69) is 155 Å². The summed E-state index contributed by atoms with van der Waals surface area (Å²) in [6.07, 6.45) is -0.369. The normalized spacial score (nSPS) is 14.6. The van der Waals surface area contributed by atoms with Gasteiger partial charge >= 0.3 is 0 Å². The first-order valence-corrected chi connectivity index (χ1v) is 17.7. The molecule has 10 rings (SSSR count). The molecule has 0 fully saturated rings. The molecule has 1 aliphatic rings. The summed E-state index contributed by atoms with van der Waals surface area (Å²) in [5.41, 5.74) is 8.89. The Morgan fingerprint density at radius 3 is 1.96 bits per heavy atom. The third kappa shape index (κ3) is 4.66. The molecule has 5 heteroatoms. The summed E-state index contributed by atoms with van der Waals surface area (Å²) in [5.74, 6) is 1.51. The first kappa shape index (κ1) is 28.7. The number of nitrogens with one attached hydrogen (secondary N) is 1. The molecule has 9 aromatic rings. The fraction of sp³-hybridized carbons (Fsp3) is 0.0222. The Labute approximate surface area is 293 Å². The largest absolute Gasteiger partial charge is 0.344 e. The summed E-state index contributed by atoms with van der Waals surface area (Å²) in [5, 5.41) is 8.90. The maximum atomic E-state index is 5.28. The van der Waals surface area contributed by atoms with Crippen LogP contribution in [-0.4, -0.2) is 16.2 Å². The molecule has 4 nitrogen and oxygen atoms in total. The summed E-state index contributed by atoms with van der Waals surface area (Å²) < 4.78 is 5.05. The van der Waals surface area contributed by atoms with Crippen LogP contribution in [0.2, 0.25) is 0 Å². The molecule has 0 bridgehead atoms. The number of benzene rings is 7. The maximum absolute atomic E-state index is 5.28. The highest BCUT2D eigenvalue weighted by Crippen LogP contribution is 2.44. The van der Waals surface area contributed by atoms with Gasteiger partial charge in [0.05, 0.1) is 16.7 Å². The number of rotatable bonds is 5. The lowest BCUT2D eigenvalue weighted by molar-refractivity contribution is 0.670. The van der Waals surface area contributed by atoms with E-state index in [9.17, 15) is 0 Å². The van der Waals surface area contributed by atoms with E-state index in [1.807, 2.05) is 35.6 Å². The first-order chi connectivity index (χ1) is 24.8. The Hall–Kier alpha value is -6.30. The van der Waals surface area contributed by atoms with E-state index in [-0.39, 0.29) is 6.17 Å². The van der Waals surface area contributed by atoms with Gasteiger partial charge in [0.15, 0.2) is 5.84 Å². The Kier molecular flexibility index (Phi) is 6.71. The van der Waals surface area contributed by atoms with Gasteiger partial charge in [-0.2, -0.15) is 0 Å². The molecule has 0 saturated heterocycles. The maximum Gasteiger partial charge on any atom is 0.159 e. The van der Waals surface area contributed by atoms with Crippen molar-refractivity contribution >= 4 is 65.0 Å². The summed E-state index contributed by atoms with van der Waals surface area (Å²) in [7, 11) is 0. The van der Waals surface area contributed by atoms with Gasteiger partial charge in [0.25, 0.3) is 0 Å². The third-order valence-corrected chi connectivity index (χ3v) is 10.9. The average molecular weight is 659 g/mol. The first-order valence-electron chi connectivity index (χ1n) is 16.9. The number of amidine groups is 2. The number of fused-ring (bicyclic) bond motifs is 7. The second-order valence-electron chi connectivity index (χ2n) is 12.6. The number of aliphatic imine (C=N–C) groups is 2. The van der Waals surface area contributed by atoms with Crippen LogP contribution in [0.25, 0.3) is 58.8 Å².